The predicted molar refractivity (Wildman–Crippen MR) is 208 cm³/mol. The molecule has 0 unspecified atom stereocenters. The van der Waals surface area contributed by atoms with Gasteiger partial charge in [0.05, 0.1) is 10.9 Å². The first-order chi connectivity index (χ1) is 24.2. The van der Waals surface area contributed by atoms with Crippen molar-refractivity contribution in [1.29, 1.82) is 0 Å². The smallest absolute Gasteiger partial charge is 0.336 e. The molecule has 0 N–H and O–H groups in total. The molecular weight excluding hydrogens is 615 g/mol. The van der Waals surface area contributed by atoms with Gasteiger partial charge in [-0.3, -0.25) is 0 Å². The van der Waals surface area contributed by atoms with Crippen LogP contribution in [0.3, 0.4) is 0 Å². The lowest BCUT2D eigenvalue weighted by molar-refractivity contribution is 0.560. The van der Waals surface area contributed by atoms with Crippen molar-refractivity contribution >= 4 is 49.9 Å². The van der Waals surface area contributed by atoms with Crippen LogP contribution in [0.4, 0.5) is 0 Å². The number of benzene rings is 7. The van der Waals surface area contributed by atoms with E-state index in [2.05, 4.69) is 176 Å². The highest BCUT2D eigenvalue weighted by Gasteiger charge is 2.31. The van der Waals surface area contributed by atoms with E-state index in [9.17, 15) is 4.79 Å². The van der Waals surface area contributed by atoms with Crippen LogP contribution in [0.5, 0.6) is 0 Å². The molecule has 0 fully saturated rings. The third-order valence-corrected chi connectivity index (χ3v) is 11.2. The maximum atomic E-state index is 11.5. The summed E-state index contributed by atoms with van der Waals surface area (Å²) in [4.78, 5) is 15.1. The maximum absolute atomic E-state index is 11.5. The monoisotopic (exact) mass is 650 g/mol. The summed E-state index contributed by atoms with van der Waals surface area (Å²) in [5.41, 5.74) is 5.66. The molecule has 236 valence electrons. The molecule has 0 atom stereocenters. The molecule has 0 aliphatic rings. The molecule has 1 aromatic heterocycles. The van der Waals surface area contributed by atoms with Gasteiger partial charge in [-0.25, -0.2) is 4.79 Å². The van der Waals surface area contributed by atoms with Crippen LogP contribution in [0.2, 0.25) is 0 Å². The van der Waals surface area contributed by atoms with Gasteiger partial charge in [0.1, 0.15) is 11.7 Å². The van der Waals surface area contributed by atoms with Crippen LogP contribution in [-0.4, -0.2) is 6.15 Å². The highest BCUT2D eigenvalue weighted by molar-refractivity contribution is 7.97. The summed E-state index contributed by atoms with van der Waals surface area (Å²) >= 11 is 0. The van der Waals surface area contributed by atoms with Gasteiger partial charge >= 0.3 is 5.63 Å². The Morgan fingerprint density at radius 1 is 0.367 bits per heavy atom. The summed E-state index contributed by atoms with van der Waals surface area (Å²) in [5.74, 6) is 0. The van der Waals surface area contributed by atoms with Crippen LogP contribution in [0.15, 0.2) is 236 Å². The quantitative estimate of drug-likeness (QED) is 0.0996. The lowest BCUT2D eigenvalue weighted by Crippen LogP contribution is -2.74. The molecule has 0 spiro atoms. The Morgan fingerprint density at radius 2 is 0.714 bits per heavy atom. The van der Waals surface area contributed by atoms with Crippen molar-refractivity contribution in [3.63, 3.8) is 0 Å². The van der Waals surface area contributed by atoms with Gasteiger partial charge in [-0.2, -0.15) is 21.9 Å². The summed E-state index contributed by atoms with van der Waals surface area (Å²) in [6.07, 6.45) is -1.22. The first-order valence-electron chi connectivity index (χ1n) is 16.5. The van der Waals surface area contributed by atoms with Gasteiger partial charge in [0, 0.05) is 17.5 Å². The molecule has 7 aromatic carbocycles. The van der Waals surface area contributed by atoms with E-state index >= 15 is 0 Å². The van der Waals surface area contributed by atoms with Crippen LogP contribution in [0.1, 0.15) is 0 Å². The highest BCUT2D eigenvalue weighted by Crippen LogP contribution is 2.32. The SMILES string of the molecule is O=c1ccc2ccc([S+](c3ccccc3)c3ccccc3)cc2o1.c1ccc([B-](c2ccccc2)(c2ccccc2)c2ccccc2)cc1. The second-order valence-electron chi connectivity index (χ2n) is 11.9. The number of hydrogen-bond donors (Lipinski definition) is 0. The Kier molecular flexibility index (Phi) is 9.68. The summed E-state index contributed by atoms with van der Waals surface area (Å²) in [7, 11) is -0.239. The summed E-state index contributed by atoms with van der Waals surface area (Å²) < 4.78 is 5.37. The highest BCUT2D eigenvalue weighted by atomic mass is 32.2. The molecule has 49 heavy (non-hydrogen) atoms. The van der Waals surface area contributed by atoms with E-state index in [1.807, 2.05) is 24.3 Å². The lowest BCUT2D eigenvalue weighted by Gasteiger charge is -2.44. The lowest BCUT2D eigenvalue weighted by atomic mass is 9.13. The Bertz CT molecular complexity index is 2080. The zero-order chi connectivity index (χ0) is 33.3. The van der Waals surface area contributed by atoms with Crippen molar-refractivity contribution in [2.24, 2.45) is 0 Å². The molecule has 2 nitrogen and oxygen atoms in total. The zero-order valence-electron chi connectivity index (χ0n) is 27.0. The molecule has 8 aromatic rings. The Labute approximate surface area is 290 Å². The topological polar surface area (TPSA) is 30.2 Å². The van der Waals surface area contributed by atoms with Crippen molar-refractivity contribution in [2.75, 3.05) is 0 Å². The Balaban J connectivity index is 0.000000154. The maximum Gasteiger partial charge on any atom is 0.336 e. The first-order valence-corrected chi connectivity index (χ1v) is 17.7. The largest absolute Gasteiger partial charge is 0.423 e. The van der Waals surface area contributed by atoms with Gasteiger partial charge in [0.15, 0.2) is 14.7 Å². The van der Waals surface area contributed by atoms with E-state index < -0.39 is 6.15 Å². The third-order valence-electron chi connectivity index (χ3n) is 8.99. The van der Waals surface area contributed by atoms with Crippen LogP contribution in [0.25, 0.3) is 11.0 Å². The molecule has 0 saturated carbocycles. The molecule has 4 heteroatoms. The molecule has 8 rings (SSSR count). The second-order valence-corrected chi connectivity index (χ2v) is 13.9. The standard InChI is InChI=1S/C24H20B.C21H15O2S/c1-5-13-21(14-6-1)25(22-15-7-2-8-16-22,23-17-9-3-10-18-23)24-19-11-4-12-20-24;22-21-14-12-16-11-13-19(15-20(16)23-21)24(17-7-3-1-4-8-17)18-9-5-2-6-10-18/h1-20H;1-15H/q-1;+1. The minimum absolute atomic E-state index is 0.239. The zero-order valence-corrected chi connectivity index (χ0v) is 27.8. The van der Waals surface area contributed by atoms with Crippen molar-refractivity contribution in [1.82, 2.24) is 0 Å². The van der Waals surface area contributed by atoms with Crippen molar-refractivity contribution in [3.05, 3.63) is 223 Å². The van der Waals surface area contributed by atoms with E-state index in [-0.39, 0.29) is 16.5 Å². The minimum Gasteiger partial charge on any atom is -0.423 e. The van der Waals surface area contributed by atoms with Gasteiger partial charge in [0.25, 0.3) is 0 Å². The third kappa shape index (κ3) is 6.78. The minimum atomic E-state index is -1.22. The molecule has 0 amide bonds. The van der Waals surface area contributed by atoms with Crippen LogP contribution in [-0.2, 0) is 10.9 Å². The molecule has 0 radical (unpaired) electrons. The van der Waals surface area contributed by atoms with Crippen molar-refractivity contribution in [2.45, 2.75) is 14.7 Å². The first kappa shape index (κ1) is 31.7. The van der Waals surface area contributed by atoms with Crippen molar-refractivity contribution < 1.29 is 4.42 Å². The van der Waals surface area contributed by atoms with Crippen LogP contribution >= 0.6 is 0 Å². The second kappa shape index (κ2) is 14.9. The predicted octanol–water partition coefficient (Wildman–Crippen LogP) is 7.95. The van der Waals surface area contributed by atoms with Gasteiger partial charge in [-0.1, -0.05) is 158 Å². The number of rotatable bonds is 7. The van der Waals surface area contributed by atoms with Crippen LogP contribution < -0.4 is 27.5 Å². The fourth-order valence-electron chi connectivity index (χ4n) is 6.81. The molecule has 0 aliphatic heterocycles. The van der Waals surface area contributed by atoms with E-state index in [0.717, 1.165) is 10.3 Å². The molecule has 0 aliphatic carbocycles. The summed E-state index contributed by atoms with van der Waals surface area (Å²) in [5, 5.41) is 0.933. The molecule has 0 bridgehead atoms. The summed E-state index contributed by atoms with van der Waals surface area (Å²) in [6, 6.07) is 73.7. The number of fused-ring (bicyclic) bond motifs is 1. The molecule has 0 saturated heterocycles. The van der Waals surface area contributed by atoms with Crippen molar-refractivity contribution in [3.8, 4) is 0 Å². The van der Waals surface area contributed by atoms with Gasteiger partial charge in [-0.05, 0) is 42.5 Å². The molecular formula is C45H35BO2S. The normalized spacial score (nSPS) is 11.1. The fraction of sp³-hybridized carbons (Fsp3) is 0. The Morgan fingerprint density at radius 3 is 1.10 bits per heavy atom. The molecule has 1 heterocycles. The van der Waals surface area contributed by atoms with Crippen LogP contribution in [0, 0.1) is 0 Å². The summed E-state index contributed by atoms with van der Waals surface area (Å²) in [6.45, 7) is 0. The van der Waals surface area contributed by atoms with E-state index in [4.69, 9.17) is 4.42 Å². The van der Waals surface area contributed by atoms with E-state index in [0.29, 0.717) is 5.58 Å². The van der Waals surface area contributed by atoms with Gasteiger partial charge in [0.2, 0.25) is 0 Å². The fourth-order valence-corrected chi connectivity index (χ4v) is 8.92. The average molecular weight is 651 g/mol. The van der Waals surface area contributed by atoms with Gasteiger partial charge < -0.3 is 4.42 Å². The van der Waals surface area contributed by atoms with E-state index in [1.54, 1.807) is 6.07 Å². The number of hydrogen-bond acceptors (Lipinski definition) is 2. The van der Waals surface area contributed by atoms with Gasteiger partial charge in [-0.15, -0.1) is 0 Å². The Hall–Kier alpha value is -5.84. The average Bonchev–Trinajstić information content (AvgIpc) is 3.18. The van der Waals surface area contributed by atoms with E-state index in [1.165, 1.54) is 37.7 Å².